The molecule has 0 atom stereocenters. The summed E-state index contributed by atoms with van der Waals surface area (Å²) in [5.41, 5.74) is 1.75. The van der Waals surface area contributed by atoms with Gasteiger partial charge in [-0.2, -0.15) is 0 Å². The number of halogens is 2. The zero-order valence-corrected chi connectivity index (χ0v) is 22.2. The predicted molar refractivity (Wildman–Crippen MR) is 144 cm³/mol. The minimum absolute atomic E-state index is 0.146. The summed E-state index contributed by atoms with van der Waals surface area (Å²) in [6.45, 7) is 0. The molecule has 12 heteroatoms. The lowest BCUT2D eigenvalue weighted by Crippen LogP contribution is -2.14. The molecule has 0 saturated heterocycles. The standard InChI is InChI=1S/C24H22Cl2N6O2S2/c25-17-9-5-15(6-10-17)13-19(33)27-23-31-29-21(35-23)3-1-2-4-22-30-32-24(36-22)28-20(34)14-16-7-11-18(26)12-8-16/h5-12H,1-4,13-14H2,(H,27,31,33)(H,28,32,34). The van der Waals surface area contributed by atoms with Gasteiger partial charge in [-0.25, -0.2) is 0 Å². The number of carbonyl (C=O) groups excluding carboxylic acids is 2. The second-order valence-corrected chi connectivity index (χ2v) is 10.9. The third-order valence-electron chi connectivity index (χ3n) is 5.01. The summed E-state index contributed by atoms with van der Waals surface area (Å²) in [4.78, 5) is 24.4. The van der Waals surface area contributed by atoms with Crippen LogP contribution in [0.1, 0.15) is 34.0 Å². The van der Waals surface area contributed by atoms with Crippen molar-refractivity contribution in [2.45, 2.75) is 38.5 Å². The molecule has 4 rings (SSSR count). The van der Waals surface area contributed by atoms with E-state index in [-0.39, 0.29) is 24.7 Å². The van der Waals surface area contributed by atoms with Crippen LogP contribution in [0.15, 0.2) is 48.5 Å². The van der Waals surface area contributed by atoms with E-state index in [1.54, 1.807) is 24.3 Å². The van der Waals surface area contributed by atoms with E-state index in [0.29, 0.717) is 20.3 Å². The molecule has 2 heterocycles. The number of aromatic nitrogens is 4. The van der Waals surface area contributed by atoms with Crippen molar-refractivity contribution in [1.29, 1.82) is 0 Å². The molecule has 0 aliphatic carbocycles. The molecule has 8 nitrogen and oxygen atoms in total. The third kappa shape index (κ3) is 8.34. The molecule has 4 aromatic rings. The molecule has 0 spiro atoms. The van der Waals surface area contributed by atoms with Crippen LogP contribution in [-0.4, -0.2) is 32.2 Å². The number of aryl methyl sites for hydroxylation is 2. The van der Waals surface area contributed by atoms with Gasteiger partial charge in [0.1, 0.15) is 10.0 Å². The molecule has 0 aliphatic rings. The third-order valence-corrected chi connectivity index (χ3v) is 7.31. The largest absolute Gasteiger partial charge is 0.300 e. The summed E-state index contributed by atoms with van der Waals surface area (Å²) in [6, 6.07) is 14.3. The van der Waals surface area contributed by atoms with Crippen LogP contribution in [0.2, 0.25) is 10.0 Å². The normalized spacial score (nSPS) is 10.8. The van der Waals surface area contributed by atoms with Crippen LogP contribution in [0.25, 0.3) is 0 Å². The molecule has 0 unspecified atom stereocenters. The Kier molecular flexibility index (Phi) is 9.35. The Morgan fingerprint density at radius 3 is 1.42 bits per heavy atom. The highest BCUT2D eigenvalue weighted by Gasteiger charge is 2.11. The van der Waals surface area contributed by atoms with Crippen molar-refractivity contribution in [3.8, 4) is 0 Å². The van der Waals surface area contributed by atoms with Crippen molar-refractivity contribution >= 4 is 68.0 Å². The average Bonchev–Trinajstić information content (AvgIpc) is 3.49. The minimum atomic E-state index is -0.146. The van der Waals surface area contributed by atoms with Crippen LogP contribution in [-0.2, 0) is 35.3 Å². The number of rotatable bonds is 11. The van der Waals surface area contributed by atoms with E-state index in [1.165, 1.54) is 22.7 Å². The van der Waals surface area contributed by atoms with Gasteiger partial charge in [-0.3, -0.25) is 9.59 Å². The quantitative estimate of drug-likeness (QED) is 0.230. The highest BCUT2D eigenvalue weighted by atomic mass is 35.5. The molecule has 186 valence electrons. The molecule has 0 radical (unpaired) electrons. The first-order valence-electron chi connectivity index (χ1n) is 11.2. The highest BCUT2D eigenvalue weighted by Crippen LogP contribution is 2.21. The van der Waals surface area contributed by atoms with Crippen molar-refractivity contribution in [1.82, 2.24) is 20.4 Å². The van der Waals surface area contributed by atoms with Crippen LogP contribution in [0.4, 0.5) is 10.3 Å². The van der Waals surface area contributed by atoms with Gasteiger partial charge in [0, 0.05) is 22.9 Å². The van der Waals surface area contributed by atoms with Gasteiger partial charge in [0.05, 0.1) is 12.8 Å². The maximum Gasteiger partial charge on any atom is 0.230 e. The van der Waals surface area contributed by atoms with Crippen molar-refractivity contribution in [3.05, 3.63) is 79.7 Å². The molecule has 0 fully saturated rings. The average molecular weight is 562 g/mol. The first-order chi connectivity index (χ1) is 17.4. The highest BCUT2D eigenvalue weighted by molar-refractivity contribution is 7.15. The Hall–Kier alpha value is -2.92. The summed E-state index contributed by atoms with van der Waals surface area (Å²) in [5.74, 6) is -0.292. The Bertz CT molecular complexity index is 1210. The smallest absolute Gasteiger partial charge is 0.230 e. The minimum Gasteiger partial charge on any atom is -0.300 e. The number of carbonyl (C=O) groups is 2. The van der Waals surface area contributed by atoms with Crippen LogP contribution in [0.3, 0.4) is 0 Å². The fraction of sp³-hybridized carbons (Fsp3) is 0.250. The zero-order valence-electron chi connectivity index (χ0n) is 19.0. The zero-order chi connectivity index (χ0) is 25.3. The number of nitrogens with one attached hydrogen (secondary N) is 2. The Labute approximate surface area is 226 Å². The summed E-state index contributed by atoms with van der Waals surface area (Å²) in [7, 11) is 0. The van der Waals surface area contributed by atoms with E-state index in [1.807, 2.05) is 24.3 Å². The van der Waals surface area contributed by atoms with Crippen molar-refractivity contribution in [2.75, 3.05) is 10.6 Å². The van der Waals surface area contributed by atoms with E-state index < -0.39 is 0 Å². The van der Waals surface area contributed by atoms with Gasteiger partial charge in [0.15, 0.2) is 0 Å². The van der Waals surface area contributed by atoms with E-state index in [9.17, 15) is 9.59 Å². The number of benzene rings is 2. The summed E-state index contributed by atoms with van der Waals surface area (Å²) >= 11 is 14.5. The fourth-order valence-electron chi connectivity index (χ4n) is 3.26. The van der Waals surface area contributed by atoms with Gasteiger partial charge in [-0.05, 0) is 48.2 Å². The van der Waals surface area contributed by atoms with Crippen molar-refractivity contribution in [3.63, 3.8) is 0 Å². The van der Waals surface area contributed by atoms with E-state index in [0.717, 1.165) is 46.8 Å². The van der Waals surface area contributed by atoms with Gasteiger partial charge in [0.2, 0.25) is 22.1 Å². The Balaban J connectivity index is 1.15. The number of nitrogens with zero attached hydrogens (tertiary/aromatic N) is 4. The maximum absolute atomic E-state index is 12.2. The fourth-order valence-corrected chi connectivity index (χ4v) is 5.11. The molecular formula is C24H22Cl2N6O2S2. The lowest BCUT2D eigenvalue weighted by Gasteiger charge is -2.01. The number of hydrogen-bond donors (Lipinski definition) is 2. The van der Waals surface area contributed by atoms with Crippen LogP contribution in [0, 0.1) is 0 Å². The molecule has 2 amide bonds. The summed E-state index contributed by atoms with van der Waals surface area (Å²) in [5, 5.41) is 26.0. The molecule has 0 saturated carbocycles. The van der Waals surface area contributed by atoms with Gasteiger partial charge in [-0.15, -0.1) is 20.4 Å². The second kappa shape index (κ2) is 12.9. The first kappa shape index (κ1) is 26.2. The van der Waals surface area contributed by atoms with Crippen LogP contribution < -0.4 is 10.6 Å². The van der Waals surface area contributed by atoms with E-state index >= 15 is 0 Å². The molecule has 0 aliphatic heterocycles. The van der Waals surface area contributed by atoms with Gasteiger partial charge in [0.25, 0.3) is 0 Å². The Morgan fingerprint density at radius 1 is 0.639 bits per heavy atom. The maximum atomic E-state index is 12.2. The predicted octanol–water partition coefficient (Wildman–Crippen LogP) is 5.62. The van der Waals surface area contributed by atoms with Gasteiger partial charge < -0.3 is 10.6 Å². The monoisotopic (exact) mass is 560 g/mol. The lowest BCUT2D eigenvalue weighted by atomic mass is 10.1. The van der Waals surface area contributed by atoms with E-state index in [4.69, 9.17) is 23.2 Å². The molecule has 2 aromatic carbocycles. The number of amides is 2. The molecular weight excluding hydrogens is 539 g/mol. The summed E-state index contributed by atoms with van der Waals surface area (Å²) < 4.78 is 0. The van der Waals surface area contributed by atoms with Crippen LogP contribution in [0.5, 0.6) is 0 Å². The SMILES string of the molecule is O=C(Cc1ccc(Cl)cc1)Nc1nnc(CCCCc2nnc(NC(=O)Cc3ccc(Cl)cc3)s2)s1. The molecule has 0 bridgehead atoms. The molecule has 2 aromatic heterocycles. The topological polar surface area (TPSA) is 110 Å². The van der Waals surface area contributed by atoms with Crippen LogP contribution >= 0.6 is 45.9 Å². The molecule has 2 N–H and O–H groups in total. The molecule has 36 heavy (non-hydrogen) atoms. The van der Waals surface area contributed by atoms with E-state index in [2.05, 4.69) is 31.0 Å². The number of hydrogen-bond acceptors (Lipinski definition) is 8. The van der Waals surface area contributed by atoms with Gasteiger partial charge in [-0.1, -0.05) is 70.1 Å². The second-order valence-electron chi connectivity index (χ2n) is 7.91. The summed E-state index contributed by atoms with van der Waals surface area (Å²) in [6.07, 6.45) is 3.80. The number of unbranched alkanes of at least 4 members (excludes halogenated alkanes) is 1. The first-order valence-corrected chi connectivity index (χ1v) is 13.6. The Morgan fingerprint density at radius 2 is 1.03 bits per heavy atom. The lowest BCUT2D eigenvalue weighted by molar-refractivity contribution is -0.116. The van der Waals surface area contributed by atoms with Crippen molar-refractivity contribution < 1.29 is 9.59 Å². The number of anilines is 2. The van der Waals surface area contributed by atoms with Crippen molar-refractivity contribution in [2.24, 2.45) is 0 Å². The van der Waals surface area contributed by atoms with Gasteiger partial charge >= 0.3 is 0 Å².